The van der Waals surface area contributed by atoms with Gasteiger partial charge in [-0.25, -0.2) is 0 Å². The normalized spacial score (nSPS) is 20.1. The van der Waals surface area contributed by atoms with Crippen LogP contribution in [-0.4, -0.2) is 30.6 Å². The van der Waals surface area contributed by atoms with Crippen LogP contribution < -0.4 is 5.73 Å². The molecule has 0 spiro atoms. The maximum absolute atomic E-state index is 6.54. The maximum Gasteiger partial charge on any atom is 0.0354 e. The second-order valence-electron chi connectivity index (χ2n) is 6.72. The molecule has 0 aromatic heterocycles. The summed E-state index contributed by atoms with van der Waals surface area (Å²) in [5.41, 5.74) is 6.84. The van der Waals surface area contributed by atoms with Gasteiger partial charge in [-0.2, -0.15) is 0 Å². The van der Waals surface area contributed by atoms with Gasteiger partial charge in [0.2, 0.25) is 0 Å². The van der Waals surface area contributed by atoms with Crippen molar-refractivity contribution in [1.82, 2.24) is 4.90 Å². The highest BCUT2D eigenvalue weighted by atomic mass is 15.2. The molecule has 1 saturated carbocycles. The first-order chi connectivity index (χ1) is 9.13. The molecule has 0 radical (unpaired) electrons. The lowest BCUT2D eigenvalue weighted by molar-refractivity contribution is 0.117. The first kappa shape index (κ1) is 17.0. The van der Waals surface area contributed by atoms with Gasteiger partial charge in [-0.3, -0.25) is 0 Å². The van der Waals surface area contributed by atoms with E-state index in [9.17, 15) is 0 Å². The summed E-state index contributed by atoms with van der Waals surface area (Å²) in [7, 11) is 4.44. The van der Waals surface area contributed by atoms with E-state index in [1.54, 1.807) is 0 Å². The highest BCUT2D eigenvalue weighted by Crippen LogP contribution is 2.37. The number of hydrogen-bond donors (Lipinski definition) is 1. The van der Waals surface area contributed by atoms with Crippen LogP contribution in [0.25, 0.3) is 0 Å². The number of nitrogens with two attached hydrogens (primary N) is 1. The molecule has 0 bridgehead atoms. The van der Waals surface area contributed by atoms with E-state index in [1.807, 2.05) is 0 Å². The van der Waals surface area contributed by atoms with Crippen molar-refractivity contribution >= 4 is 0 Å². The van der Waals surface area contributed by atoms with Crippen LogP contribution in [0, 0.1) is 0 Å². The number of unbranched alkanes of at least 4 members (excludes halogenated alkanes) is 6. The van der Waals surface area contributed by atoms with E-state index in [0.717, 1.165) is 0 Å². The molecule has 19 heavy (non-hydrogen) atoms. The molecule has 1 aliphatic carbocycles. The molecule has 0 amide bonds. The molecule has 2 nitrogen and oxygen atoms in total. The van der Waals surface area contributed by atoms with E-state index in [1.165, 1.54) is 77.0 Å². The molecule has 114 valence electrons. The summed E-state index contributed by atoms with van der Waals surface area (Å²) in [6.07, 6.45) is 16.2. The molecule has 1 rings (SSSR count). The Bertz CT molecular complexity index is 219. The number of likely N-dealkylation sites (N-methyl/N-ethyl adjacent to an activating group) is 1. The Kier molecular flexibility index (Phi) is 8.01. The van der Waals surface area contributed by atoms with E-state index in [4.69, 9.17) is 5.73 Å². The summed E-state index contributed by atoms with van der Waals surface area (Å²) in [4.78, 5) is 2.41. The van der Waals surface area contributed by atoms with Crippen LogP contribution in [0.1, 0.15) is 84.0 Å². The van der Waals surface area contributed by atoms with E-state index in [-0.39, 0.29) is 0 Å². The second-order valence-corrected chi connectivity index (χ2v) is 6.72. The minimum absolute atomic E-state index is 0.308. The molecule has 1 aliphatic rings. The Balaban J connectivity index is 2.17. The van der Waals surface area contributed by atoms with Crippen molar-refractivity contribution < 1.29 is 0 Å². The number of nitrogens with zero attached hydrogens (tertiary/aromatic N) is 1. The molecule has 2 N–H and O–H groups in total. The van der Waals surface area contributed by atoms with Crippen LogP contribution in [0.3, 0.4) is 0 Å². The molecule has 0 saturated heterocycles. The average Bonchev–Trinajstić information content (AvgIpc) is 2.88. The molecular formula is C17H36N2. The number of hydrogen-bond acceptors (Lipinski definition) is 2. The monoisotopic (exact) mass is 268 g/mol. The minimum Gasteiger partial charge on any atom is -0.326 e. The fourth-order valence-electron chi connectivity index (χ4n) is 3.73. The van der Waals surface area contributed by atoms with E-state index < -0.39 is 0 Å². The van der Waals surface area contributed by atoms with Crippen molar-refractivity contribution in [3.63, 3.8) is 0 Å². The second kappa shape index (κ2) is 8.97. The van der Waals surface area contributed by atoms with Gasteiger partial charge in [-0.05, 0) is 33.4 Å². The van der Waals surface area contributed by atoms with Crippen LogP contribution in [0.4, 0.5) is 0 Å². The quantitative estimate of drug-likeness (QED) is 0.598. The van der Waals surface area contributed by atoms with Gasteiger partial charge < -0.3 is 10.6 Å². The first-order valence-electron chi connectivity index (χ1n) is 8.56. The summed E-state index contributed by atoms with van der Waals surface area (Å²) in [5, 5.41) is 0. The topological polar surface area (TPSA) is 29.3 Å². The summed E-state index contributed by atoms with van der Waals surface area (Å²) in [6, 6.07) is 0.376. The Morgan fingerprint density at radius 3 is 2.00 bits per heavy atom. The molecule has 0 aliphatic heterocycles. The van der Waals surface area contributed by atoms with Gasteiger partial charge in [0.1, 0.15) is 0 Å². The van der Waals surface area contributed by atoms with Crippen LogP contribution in [0.2, 0.25) is 0 Å². The van der Waals surface area contributed by atoms with Crippen molar-refractivity contribution in [2.24, 2.45) is 5.73 Å². The summed E-state index contributed by atoms with van der Waals surface area (Å²) < 4.78 is 0. The molecule has 0 aromatic rings. The van der Waals surface area contributed by atoms with Gasteiger partial charge in [0.05, 0.1) is 0 Å². The summed E-state index contributed by atoms with van der Waals surface area (Å²) >= 11 is 0. The minimum atomic E-state index is 0.308. The van der Waals surface area contributed by atoms with Crippen LogP contribution >= 0.6 is 0 Å². The zero-order valence-electron chi connectivity index (χ0n) is 13.6. The van der Waals surface area contributed by atoms with Crippen LogP contribution in [0.5, 0.6) is 0 Å². The Morgan fingerprint density at radius 2 is 1.47 bits per heavy atom. The lowest BCUT2D eigenvalue weighted by atomic mass is 9.84. The van der Waals surface area contributed by atoms with E-state index in [0.29, 0.717) is 11.6 Å². The Hall–Kier alpha value is -0.0800. The van der Waals surface area contributed by atoms with Gasteiger partial charge in [0.25, 0.3) is 0 Å². The molecule has 2 heteroatoms. The molecule has 0 aromatic carbocycles. The fourth-order valence-corrected chi connectivity index (χ4v) is 3.73. The van der Waals surface area contributed by atoms with Gasteiger partial charge in [-0.1, -0.05) is 64.7 Å². The van der Waals surface area contributed by atoms with Crippen LogP contribution in [-0.2, 0) is 0 Å². The third-order valence-electron chi connectivity index (χ3n) is 5.17. The lowest BCUT2D eigenvalue weighted by Gasteiger charge is -2.41. The third-order valence-corrected chi connectivity index (χ3v) is 5.17. The van der Waals surface area contributed by atoms with Gasteiger partial charge in [0.15, 0.2) is 0 Å². The largest absolute Gasteiger partial charge is 0.326 e. The summed E-state index contributed by atoms with van der Waals surface area (Å²) in [5.74, 6) is 0. The third kappa shape index (κ3) is 5.07. The van der Waals surface area contributed by atoms with Crippen molar-refractivity contribution in [2.75, 3.05) is 14.1 Å². The Labute approximate surface area is 121 Å². The molecule has 1 fully saturated rings. The van der Waals surface area contributed by atoms with Crippen molar-refractivity contribution in [3.8, 4) is 0 Å². The lowest BCUT2D eigenvalue weighted by Crippen LogP contribution is -2.55. The average molecular weight is 268 g/mol. The molecular weight excluding hydrogens is 232 g/mol. The fraction of sp³-hybridized carbons (Fsp3) is 1.00. The van der Waals surface area contributed by atoms with Crippen molar-refractivity contribution in [3.05, 3.63) is 0 Å². The highest BCUT2D eigenvalue weighted by molar-refractivity contribution is 5.00. The molecule has 1 atom stereocenters. The van der Waals surface area contributed by atoms with Crippen molar-refractivity contribution in [2.45, 2.75) is 95.6 Å². The van der Waals surface area contributed by atoms with E-state index >= 15 is 0 Å². The first-order valence-corrected chi connectivity index (χ1v) is 8.56. The van der Waals surface area contributed by atoms with Crippen molar-refractivity contribution in [1.29, 1.82) is 0 Å². The standard InChI is InChI=1S/C17H36N2/c1-4-5-6-7-8-9-10-13-16(18)17(19(2)3)14-11-12-15-17/h16H,4-15,18H2,1-3H3. The predicted molar refractivity (Wildman–Crippen MR) is 85.5 cm³/mol. The summed E-state index contributed by atoms with van der Waals surface area (Å²) in [6.45, 7) is 2.28. The molecule has 0 heterocycles. The Morgan fingerprint density at radius 1 is 0.947 bits per heavy atom. The zero-order chi connectivity index (χ0) is 14.1. The van der Waals surface area contributed by atoms with Gasteiger partial charge >= 0.3 is 0 Å². The molecule has 1 unspecified atom stereocenters. The van der Waals surface area contributed by atoms with Gasteiger partial charge in [0, 0.05) is 11.6 Å². The van der Waals surface area contributed by atoms with Crippen LogP contribution in [0.15, 0.2) is 0 Å². The van der Waals surface area contributed by atoms with E-state index in [2.05, 4.69) is 25.9 Å². The highest BCUT2D eigenvalue weighted by Gasteiger charge is 2.40. The number of rotatable bonds is 10. The maximum atomic E-state index is 6.54. The predicted octanol–water partition coefficient (Wildman–Crippen LogP) is 4.33. The smallest absolute Gasteiger partial charge is 0.0354 e. The SMILES string of the molecule is CCCCCCCCCC(N)C1(N(C)C)CCCC1. The van der Waals surface area contributed by atoms with Gasteiger partial charge in [-0.15, -0.1) is 0 Å². The zero-order valence-corrected chi connectivity index (χ0v) is 13.6.